The van der Waals surface area contributed by atoms with Crippen LogP contribution in [0, 0.1) is 5.92 Å². The van der Waals surface area contributed by atoms with E-state index in [4.69, 9.17) is 9.47 Å². The second-order valence-corrected chi connectivity index (χ2v) is 8.00. The molecule has 3 nitrogen and oxygen atoms in total. The molecule has 1 heterocycles. The molecule has 2 aliphatic rings. The van der Waals surface area contributed by atoms with Crippen molar-refractivity contribution in [2.24, 2.45) is 5.92 Å². The van der Waals surface area contributed by atoms with Crippen LogP contribution in [0.1, 0.15) is 68.6 Å². The molecule has 1 aliphatic carbocycles. The molecule has 0 unspecified atom stereocenters. The quantitative estimate of drug-likeness (QED) is 0.600. The van der Waals surface area contributed by atoms with E-state index in [-0.39, 0.29) is 12.2 Å². The maximum absolute atomic E-state index is 9.36. The predicted molar refractivity (Wildman–Crippen MR) is 96.8 cm³/mol. The third-order valence-electron chi connectivity index (χ3n) is 5.83. The van der Waals surface area contributed by atoms with Crippen LogP contribution in [-0.4, -0.2) is 31.0 Å². The van der Waals surface area contributed by atoms with Crippen LogP contribution in [0.5, 0.6) is 5.75 Å². The lowest BCUT2D eigenvalue weighted by Gasteiger charge is -2.18. The number of hydrogen-bond donors (Lipinski definition) is 1. The first-order valence-electron chi connectivity index (χ1n) is 9.51. The van der Waals surface area contributed by atoms with E-state index in [9.17, 15) is 5.11 Å². The van der Waals surface area contributed by atoms with E-state index in [0.29, 0.717) is 5.92 Å². The van der Waals surface area contributed by atoms with Crippen molar-refractivity contribution in [3.63, 3.8) is 0 Å². The standard InChI is InChI=1S/C21H32O3/c1-15(2)19-11-17-8-4-6-16(10-18(17)12-20(19)23-3)7-5-9-21(13-22)14-24-21/h11-12,15-16,22H,4-10,13-14H2,1-3H3/t16-,21-/m1/s1. The van der Waals surface area contributed by atoms with Crippen molar-refractivity contribution in [1.82, 2.24) is 0 Å². The number of hydrogen-bond acceptors (Lipinski definition) is 3. The number of rotatable bonds is 7. The summed E-state index contributed by atoms with van der Waals surface area (Å²) in [5.41, 5.74) is 4.17. The second-order valence-electron chi connectivity index (χ2n) is 8.00. The minimum atomic E-state index is -0.183. The van der Waals surface area contributed by atoms with Crippen molar-refractivity contribution in [3.8, 4) is 5.75 Å². The van der Waals surface area contributed by atoms with Gasteiger partial charge in [0.2, 0.25) is 0 Å². The molecule has 0 saturated carbocycles. The van der Waals surface area contributed by atoms with Crippen LogP contribution in [0.25, 0.3) is 0 Å². The molecule has 24 heavy (non-hydrogen) atoms. The average molecular weight is 332 g/mol. The highest BCUT2D eigenvalue weighted by atomic mass is 16.6. The Kier molecular flexibility index (Phi) is 5.51. The van der Waals surface area contributed by atoms with Crippen molar-refractivity contribution in [1.29, 1.82) is 0 Å². The van der Waals surface area contributed by atoms with Crippen LogP contribution < -0.4 is 4.74 Å². The van der Waals surface area contributed by atoms with E-state index in [2.05, 4.69) is 26.0 Å². The Balaban J connectivity index is 1.66. The highest BCUT2D eigenvalue weighted by Gasteiger charge is 2.43. The monoisotopic (exact) mass is 332 g/mol. The third kappa shape index (κ3) is 3.94. The average Bonchev–Trinajstić information content (AvgIpc) is 3.37. The molecule has 0 aromatic heterocycles. The third-order valence-corrected chi connectivity index (χ3v) is 5.83. The molecule has 0 radical (unpaired) electrons. The molecule has 134 valence electrons. The topological polar surface area (TPSA) is 42.0 Å². The number of benzene rings is 1. The smallest absolute Gasteiger partial charge is 0.122 e. The molecule has 0 spiro atoms. The molecule has 1 aromatic carbocycles. The van der Waals surface area contributed by atoms with Crippen LogP contribution in [-0.2, 0) is 17.6 Å². The summed E-state index contributed by atoms with van der Waals surface area (Å²) in [7, 11) is 1.78. The van der Waals surface area contributed by atoms with E-state index in [0.717, 1.165) is 37.5 Å². The minimum Gasteiger partial charge on any atom is -0.496 e. The highest BCUT2D eigenvalue weighted by Crippen LogP contribution is 2.37. The fourth-order valence-electron chi connectivity index (χ4n) is 4.11. The van der Waals surface area contributed by atoms with Crippen molar-refractivity contribution in [2.45, 2.75) is 70.3 Å². The first-order chi connectivity index (χ1) is 11.6. The van der Waals surface area contributed by atoms with Gasteiger partial charge in [-0.2, -0.15) is 0 Å². The van der Waals surface area contributed by atoms with Crippen molar-refractivity contribution in [2.75, 3.05) is 20.3 Å². The van der Waals surface area contributed by atoms with E-state index < -0.39 is 0 Å². The molecule has 1 saturated heterocycles. The SMILES string of the molecule is COc1cc2c(cc1C(C)C)CCC[C@H](CCC[C@@]1(CO)CO1)C2. The van der Waals surface area contributed by atoms with Crippen LogP contribution in [0.15, 0.2) is 12.1 Å². The summed E-state index contributed by atoms with van der Waals surface area (Å²) in [5, 5.41) is 9.36. The van der Waals surface area contributed by atoms with Crippen molar-refractivity contribution in [3.05, 3.63) is 28.8 Å². The molecule has 3 heteroatoms. The van der Waals surface area contributed by atoms with E-state index in [1.807, 2.05) is 0 Å². The van der Waals surface area contributed by atoms with Gasteiger partial charge in [0.25, 0.3) is 0 Å². The molecule has 2 atom stereocenters. The Morgan fingerprint density at radius 2 is 2.12 bits per heavy atom. The Bertz CT molecular complexity index is 560. The van der Waals surface area contributed by atoms with E-state index in [1.54, 1.807) is 7.11 Å². The second kappa shape index (κ2) is 7.45. The minimum absolute atomic E-state index is 0.176. The fraction of sp³-hybridized carbons (Fsp3) is 0.714. The van der Waals surface area contributed by atoms with Crippen LogP contribution in [0.2, 0.25) is 0 Å². The number of methoxy groups -OCH3 is 1. The summed E-state index contributed by atoms with van der Waals surface area (Å²) in [5.74, 6) is 2.29. The van der Waals surface area contributed by atoms with Gasteiger partial charge in [0.1, 0.15) is 11.4 Å². The largest absolute Gasteiger partial charge is 0.496 e. The van der Waals surface area contributed by atoms with Gasteiger partial charge in [0.05, 0.1) is 20.3 Å². The maximum atomic E-state index is 9.36. The first kappa shape index (κ1) is 17.8. The summed E-state index contributed by atoms with van der Waals surface area (Å²) in [4.78, 5) is 0. The number of ether oxygens (including phenoxy) is 2. The molecule has 1 aromatic rings. The Labute approximate surface area is 146 Å². The van der Waals surface area contributed by atoms with Crippen molar-refractivity contribution < 1.29 is 14.6 Å². The lowest BCUT2D eigenvalue weighted by Crippen LogP contribution is -2.17. The Morgan fingerprint density at radius 3 is 2.75 bits per heavy atom. The van der Waals surface area contributed by atoms with Gasteiger partial charge in [0.15, 0.2) is 0 Å². The zero-order valence-corrected chi connectivity index (χ0v) is 15.4. The summed E-state index contributed by atoms with van der Waals surface area (Å²) >= 11 is 0. The first-order valence-corrected chi connectivity index (χ1v) is 9.51. The van der Waals surface area contributed by atoms with Gasteiger partial charge < -0.3 is 14.6 Å². The summed E-state index contributed by atoms with van der Waals surface area (Å²) in [6.07, 6.45) is 8.34. The molecule has 1 aliphatic heterocycles. The number of aliphatic hydroxyl groups excluding tert-OH is 1. The fourth-order valence-corrected chi connectivity index (χ4v) is 4.11. The molecule has 0 amide bonds. The summed E-state index contributed by atoms with van der Waals surface area (Å²) < 4.78 is 11.1. The van der Waals surface area contributed by atoms with Gasteiger partial charge >= 0.3 is 0 Å². The molecule has 0 bridgehead atoms. The van der Waals surface area contributed by atoms with Gasteiger partial charge in [-0.25, -0.2) is 0 Å². The van der Waals surface area contributed by atoms with Crippen molar-refractivity contribution >= 4 is 0 Å². The Hall–Kier alpha value is -1.06. The molecule has 3 rings (SSSR count). The van der Waals surface area contributed by atoms with Gasteiger partial charge in [-0.1, -0.05) is 32.8 Å². The summed E-state index contributed by atoms with van der Waals surface area (Å²) in [6, 6.07) is 4.68. The molecular formula is C21H32O3. The summed E-state index contributed by atoms with van der Waals surface area (Å²) in [6.45, 7) is 5.39. The lowest BCUT2D eigenvalue weighted by atomic mass is 9.89. The molecule has 1 N–H and O–H groups in total. The van der Waals surface area contributed by atoms with Crippen LogP contribution in [0.3, 0.4) is 0 Å². The zero-order valence-electron chi connectivity index (χ0n) is 15.4. The predicted octanol–water partition coefficient (Wildman–Crippen LogP) is 4.25. The number of epoxide rings is 1. The Morgan fingerprint density at radius 1 is 1.33 bits per heavy atom. The number of aryl methyl sites for hydroxylation is 1. The van der Waals surface area contributed by atoms with Gasteiger partial charge in [-0.15, -0.1) is 0 Å². The number of fused-ring (bicyclic) bond motifs is 1. The van der Waals surface area contributed by atoms with Crippen LogP contribution >= 0.6 is 0 Å². The normalized spacial score (nSPS) is 26.1. The van der Waals surface area contributed by atoms with Gasteiger partial charge in [-0.05, 0) is 66.7 Å². The maximum Gasteiger partial charge on any atom is 0.122 e. The van der Waals surface area contributed by atoms with Crippen LogP contribution in [0.4, 0.5) is 0 Å². The van der Waals surface area contributed by atoms with E-state index >= 15 is 0 Å². The highest BCUT2D eigenvalue weighted by molar-refractivity contribution is 5.45. The van der Waals surface area contributed by atoms with Gasteiger partial charge in [-0.3, -0.25) is 0 Å². The number of aliphatic hydroxyl groups is 1. The zero-order chi connectivity index (χ0) is 17.2. The molecular weight excluding hydrogens is 300 g/mol. The lowest BCUT2D eigenvalue weighted by molar-refractivity contribution is 0.159. The van der Waals surface area contributed by atoms with E-state index in [1.165, 1.54) is 42.4 Å². The van der Waals surface area contributed by atoms with Gasteiger partial charge in [0, 0.05) is 0 Å². The molecule has 1 fully saturated rings.